The summed E-state index contributed by atoms with van der Waals surface area (Å²) in [6, 6.07) is 5.17. The van der Waals surface area contributed by atoms with Crippen molar-refractivity contribution < 1.29 is 17.9 Å². The van der Waals surface area contributed by atoms with Crippen molar-refractivity contribution in [1.29, 1.82) is 0 Å². The van der Waals surface area contributed by atoms with Crippen LogP contribution in [-0.4, -0.2) is 57.9 Å². The molecule has 126 valence electrons. The Morgan fingerprint density at radius 2 is 1.96 bits per heavy atom. The van der Waals surface area contributed by atoms with Gasteiger partial charge < -0.3 is 15.0 Å². The monoisotopic (exact) mass is 339 g/mol. The number of aryl methyl sites for hydroxylation is 1. The number of anilines is 2. The van der Waals surface area contributed by atoms with Crippen LogP contribution in [0.2, 0.25) is 0 Å². The van der Waals surface area contributed by atoms with Crippen molar-refractivity contribution in [1.82, 2.24) is 4.90 Å². The number of ether oxygens (including phenoxy) is 1. The fourth-order valence-electron chi connectivity index (χ4n) is 2.83. The van der Waals surface area contributed by atoms with E-state index in [1.54, 1.807) is 17.0 Å². The fourth-order valence-corrected chi connectivity index (χ4v) is 4.45. The molecule has 2 aliphatic rings. The Labute approximate surface area is 136 Å². The summed E-state index contributed by atoms with van der Waals surface area (Å²) in [6.45, 7) is 4.56. The molecule has 0 unspecified atom stereocenters. The van der Waals surface area contributed by atoms with E-state index in [0.717, 1.165) is 5.56 Å². The number of morpholine rings is 1. The van der Waals surface area contributed by atoms with Crippen LogP contribution in [0.25, 0.3) is 0 Å². The Balaban J connectivity index is 1.79. The summed E-state index contributed by atoms with van der Waals surface area (Å²) in [5.41, 5.74) is 2.12. The fraction of sp³-hybridized carbons (Fsp3) is 0.533. The Morgan fingerprint density at radius 1 is 1.22 bits per heavy atom. The smallest absolute Gasteiger partial charge is 0.322 e. The number of hydrogen-bond donors (Lipinski definition) is 1. The molecule has 0 saturated carbocycles. The van der Waals surface area contributed by atoms with Gasteiger partial charge >= 0.3 is 6.03 Å². The summed E-state index contributed by atoms with van der Waals surface area (Å²) in [7, 11) is -3.23. The van der Waals surface area contributed by atoms with Crippen LogP contribution in [0.3, 0.4) is 0 Å². The number of nitrogens with zero attached hydrogens (tertiary/aromatic N) is 2. The van der Waals surface area contributed by atoms with Gasteiger partial charge in [-0.1, -0.05) is 6.07 Å². The number of amides is 2. The molecular formula is C15H21N3O4S. The van der Waals surface area contributed by atoms with Gasteiger partial charge in [-0.15, -0.1) is 0 Å². The molecule has 23 heavy (non-hydrogen) atoms. The molecule has 0 aliphatic carbocycles. The number of benzene rings is 1. The molecule has 1 N–H and O–H groups in total. The van der Waals surface area contributed by atoms with E-state index in [9.17, 15) is 13.2 Å². The Bertz CT molecular complexity index is 699. The van der Waals surface area contributed by atoms with Crippen molar-refractivity contribution in [2.24, 2.45) is 0 Å². The number of sulfonamides is 1. The van der Waals surface area contributed by atoms with Crippen LogP contribution < -0.4 is 9.62 Å². The number of nitrogens with one attached hydrogen (secondary N) is 1. The molecule has 1 aromatic rings. The van der Waals surface area contributed by atoms with Gasteiger partial charge in [0.25, 0.3) is 0 Å². The molecule has 0 spiro atoms. The lowest BCUT2D eigenvalue weighted by Crippen LogP contribution is -2.43. The standard InChI is InChI=1S/C15H21N3O4S/c1-12-3-4-13(16-15(19)17-6-8-22-9-7-17)11-14(12)18-5-2-10-23(18,20)21/h3-4,11H,2,5-10H2,1H3,(H,16,19). The number of hydrogen-bond acceptors (Lipinski definition) is 4. The number of rotatable bonds is 2. The van der Waals surface area contributed by atoms with Crippen molar-refractivity contribution >= 4 is 27.4 Å². The second kappa shape index (κ2) is 6.37. The van der Waals surface area contributed by atoms with Gasteiger partial charge in [0, 0.05) is 25.3 Å². The highest BCUT2D eigenvalue weighted by atomic mass is 32.2. The van der Waals surface area contributed by atoms with E-state index in [1.807, 2.05) is 13.0 Å². The maximum Gasteiger partial charge on any atom is 0.322 e. The van der Waals surface area contributed by atoms with E-state index in [2.05, 4.69) is 5.32 Å². The molecule has 2 aliphatic heterocycles. The molecule has 0 bridgehead atoms. The minimum atomic E-state index is -3.23. The Hall–Kier alpha value is -1.80. The van der Waals surface area contributed by atoms with Crippen LogP contribution in [0.1, 0.15) is 12.0 Å². The number of urea groups is 1. The van der Waals surface area contributed by atoms with Crippen LogP contribution in [0, 0.1) is 6.92 Å². The first kappa shape index (κ1) is 16.1. The predicted molar refractivity (Wildman–Crippen MR) is 88.3 cm³/mol. The summed E-state index contributed by atoms with van der Waals surface area (Å²) in [5.74, 6) is 0.177. The van der Waals surface area contributed by atoms with Gasteiger partial charge in [-0.05, 0) is 31.0 Å². The van der Waals surface area contributed by atoms with Crippen molar-refractivity contribution in [3.63, 3.8) is 0 Å². The summed E-state index contributed by atoms with van der Waals surface area (Å²) < 4.78 is 30.9. The quantitative estimate of drug-likeness (QED) is 0.883. The number of carbonyl (C=O) groups is 1. The van der Waals surface area contributed by atoms with Crippen LogP contribution in [0.5, 0.6) is 0 Å². The zero-order chi connectivity index (χ0) is 16.4. The molecule has 8 heteroatoms. The van der Waals surface area contributed by atoms with Crippen LogP contribution in [0.15, 0.2) is 18.2 Å². The van der Waals surface area contributed by atoms with Gasteiger partial charge in [-0.25, -0.2) is 13.2 Å². The van der Waals surface area contributed by atoms with Gasteiger partial charge in [0.1, 0.15) is 0 Å². The third-order valence-electron chi connectivity index (χ3n) is 4.13. The minimum absolute atomic E-state index is 0.177. The molecule has 1 aromatic carbocycles. The van der Waals surface area contributed by atoms with Crippen LogP contribution in [0.4, 0.5) is 16.2 Å². The van der Waals surface area contributed by atoms with Gasteiger partial charge in [-0.3, -0.25) is 4.31 Å². The maximum atomic E-state index is 12.2. The van der Waals surface area contributed by atoms with Crippen LogP contribution in [-0.2, 0) is 14.8 Å². The van der Waals surface area contributed by atoms with Gasteiger partial charge in [0.2, 0.25) is 10.0 Å². The normalized spacial score (nSPS) is 20.6. The summed E-state index contributed by atoms with van der Waals surface area (Å²) in [4.78, 5) is 13.9. The Morgan fingerprint density at radius 3 is 2.61 bits per heavy atom. The first-order valence-corrected chi connectivity index (χ1v) is 9.33. The van der Waals surface area contributed by atoms with Crippen molar-refractivity contribution in [2.75, 3.05) is 48.2 Å². The van der Waals surface area contributed by atoms with E-state index in [-0.39, 0.29) is 11.8 Å². The molecule has 2 saturated heterocycles. The predicted octanol–water partition coefficient (Wildman–Crippen LogP) is 1.40. The molecule has 0 radical (unpaired) electrons. The van der Waals surface area contributed by atoms with Crippen molar-refractivity contribution in [3.05, 3.63) is 23.8 Å². The first-order valence-electron chi connectivity index (χ1n) is 7.72. The molecule has 0 aromatic heterocycles. The topological polar surface area (TPSA) is 79.0 Å². The first-order chi connectivity index (χ1) is 11.0. The second-order valence-electron chi connectivity index (χ2n) is 5.77. The molecule has 3 rings (SSSR count). The molecule has 2 amide bonds. The molecular weight excluding hydrogens is 318 g/mol. The molecule has 2 fully saturated rings. The average molecular weight is 339 g/mol. The summed E-state index contributed by atoms with van der Waals surface area (Å²) in [5, 5.41) is 2.84. The summed E-state index contributed by atoms with van der Waals surface area (Å²) >= 11 is 0. The Kier molecular flexibility index (Phi) is 4.45. The lowest BCUT2D eigenvalue weighted by molar-refractivity contribution is 0.0564. The van der Waals surface area contributed by atoms with Gasteiger partial charge in [0.05, 0.1) is 24.7 Å². The van der Waals surface area contributed by atoms with Crippen LogP contribution >= 0.6 is 0 Å². The highest BCUT2D eigenvalue weighted by molar-refractivity contribution is 7.93. The minimum Gasteiger partial charge on any atom is -0.378 e. The molecule has 0 atom stereocenters. The highest BCUT2D eigenvalue weighted by Gasteiger charge is 2.29. The average Bonchev–Trinajstić information content (AvgIpc) is 2.89. The molecule has 2 heterocycles. The third kappa shape index (κ3) is 3.42. The number of carbonyl (C=O) groups excluding carboxylic acids is 1. The highest BCUT2D eigenvalue weighted by Crippen LogP contribution is 2.30. The SMILES string of the molecule is Cc1ccc(NC(=O)N2CCOCC2)cc1N1CCCS1(=O)=O. The van der Waals surface area contributed by atoms with Crippen molar-refractivity contribution in [3.8, 4) is 0 Å². The van der Waals surface area contributed by atoms with E-state index < -0.39 is 10.0 Å². The van der Waals surface area contributed by atoms with Gasteiger partial charge in [-0.2, -0.15) is 0 Å². The van der Waals surface area contributed by atoms with Crippen molar-refractivity contribution in [2.45, 2.75) is 13.3 Å². The van der Waals surface area contributed by atoms with E-state index in [1.165, 1.54) is 4.31 Å². The lowest BCUT2D eigenvalue weighted by atomic mass is 10.1. The zero-order valence-corrected chi connectivity index (χ0v) is 13.9. The maximum absolute atomic E-state index is 12.2. The van der Waals surface area contributed by atoms with E-state index in [4.69, 9.17) is 4.74 Å². The largest absolute Gasteiger partial charge is 0.378 e. The van der Waals surface area contributed by atoms with Gasteiger partial charge in [0.15, 0.2) is 0 Å². The molecule has 7 nitrogen and oxygen atoms in total. The van der Waals surface area contributed by atoms with E-state index >= 15 is 0 Å². The third-order valence-corrected chi connectivity index (χ3v) is 5.98. The second-order valence-corrected chi connectivity index (χ2v) is 7.79. The zero-order valence-electron chi connectivity index (χ0n) is 13.1. The lowest BCUT2D eigenvalue weighted by Gasteiger charge is -2.27. The summed E-state index contributed by atoms with van der Waals surface area (Å²) in [6.07, 6.45) is 0.631. The van der Waals surface area contributed by atoms with E-state index in [0.29, 0.717) is 50.6 Å².